The van der Waals surface area contributed by atoms with Crippen molar-refractivity contribution in [2.45, 2.75) is 55.4 Å². The average molecular weight is 348 g/mol. The molecule has 0 saturated heterocycles. The van der Waals surface area contributed by atoms with Gasteiger partial charge in [-0.1, -0.05) is 17.7 Å². The minimum Gasteiger partial charge on any atom is -0.308 e. The van der Waals surface area contributed by atoms with E-state index in [0.29, 0.717) is 0 Å². The van der Waals surface area contributed by atoms with E-state index in [-0.39, 0.29) is 0 Å². The molecule has 0 saturated carbocycles. The summed E-state index contributed by atoms with van der Waals surface area (Å²) in [6.45, 7) is 17.7. The van der Waals surface area contributed by atoms with Gasteiger partial charge in [-0.25, -0.2) is 0 Å². The first-order valence-electron chi connectivity index (χ1n) is 9.37. The summed E-state index contributed by atoms with van der Waals surface area (Å²) in [6, 6.07) is 6.90. The van der Waals surface area contributed by atoms with Crippen LogP contribution >= 0.6 is 0 Å². The van der Waals surface area contributed by atoms with Gasteiger partial charge < -0.3 is 4.57 Å². The van der Waals surface area contributed by atoms with Gasteiger partial charge in [-0.2, -0.15) is 4.57 Å². The highest BCUT2D eigenvalue weighted by Crippen LogP contribution is 2.35. The van der Waals surface area contributed by atoms with Gasteiger partial charge >= 0.3 is 0 Å². The van der Waals surface area contributed by atoms with Gasteiger partial charge in [0.1, 0.15) is 12.7 Å². The molecule has 1 aromatic carbocycles. The second kappa shape index (κ2) is 6.42. The number of benzene rings is 1. The molecule has 3 aromatic rings. The first-order valence-corrected chi connectivity index (χ1v) is 9.37. The molecular formula is C24H31N2+. The van der Waals surface area contributed by atoms with Gasteiger partial charge in [-0.05, 0) is 83.2 Å². The van der Waals surface area contributed by atoms with Crippen molar-refractivity contribution in [3.05, 3.63) is 69.0 Å². The summed E-state index contributed by atoms with van der Waals surface area (Å²) in [4.78, 5) is 0. The van der Waals surface area contributed by atoms with E-state index in [2.05, 4.69) is 96.0 Å². The van der Waals surface area contributed by atoms with Gasteiger partial charge in [0, 0.05) is 17.3 Å². The molecule has 0 fully saturated rings. The Kier molecular flexibility index (Phi) is 4.56. The van der Waals surface area contributed by atoms with Crippen molar-refractivity contribution in [3.8, 4) is 17.1 Å². The molecule has 0 atom stereocenters. The summed E-state index contributed by atoms with van der Waals surface area (Å²) in [6.07, 6.45) is 2.24. The van der Waals surface area contributed by atoms with E-state index in [1.807, 2.05) is 0 Å². The largest absolute Gasteiger partial charge is 0.308 e. The van der Waals surface area contributed by atoms with Crippen molar-refractivity contribution in [2.24, 2.45) is 7.05 Å². The van der Waals surface area contributed by atoms with Crippen LogP contribution in [0.15, 0.2) is 24.4 Å². The summed E-state index contributed by atoms with van der Waals surface area (Å²) in [7, 11) is 2.15. The Balaban J connectivity index is 2.44. The minimum atomic E-state index is 1.26. The summed E-state index contributed by atoms with van der Waals surface area (Å²) in [5.74, 6) is 0. The predicted molar refractivity (Wildman–Crippen MR) is 110 cm³/mol. The fourth-order valence-electron chi connectivity index (χ4n) is 4.18. The molecule has 2 nitrogen and oxygen atoms in total. The molecule has 0 aliphatic carbocycles. The van der Waals surface area contributed by atoms with E-state index in [0.717, 1.165) is 0 Å². The average Bonchev–Trinajstić information content (AvgIpc) is 2.75. The van der Waals surface area contributed by atoms with Crippen LogP contribution in [-0.4, -0.2) is 4.57 Å². The fraction of sp³-hybridized carbons (Fsp3) is 0.375. The molecule has 0 radical (unpaired) electrons. The molecule has 2 aromatic heterocycles. The lowest BCUT2D eigenvalue weighted by Crippen LogP contribution is -2.32. The zero-order chi connectivity index (χ0) is 19.3. The van der Waals surface area contributed by atoms with Crippen LogP contribution < -0.4 is 4.57 Å². The number of rotatable bonds is 2. The van der Waals surface area contributed by atoms with Crippen LogP contribution in [0.5, 0.6) is 0 Å². The Labute approximate surface area is 158 Å². The Morgan fingerprint density at radius 2 is 1.27 bits per heavy atom. The Hall–Kier alpha value is -2.35. The second-order valence-electron chi connectivity index (χ2n) is 7.90. The van der Waals surface area contributed by atoms with Gasteiger partial charge in [-0.15, -0.1) is 0 Å². The molecule has 26 heavy (non-hydrogen) atoms. The third kappa shape index (κ3) is 2.78. The molecule has 0 spiro atoms. The highest BCUT2D eigenvalue weighted by atomic mass is 15.0. The second-order valence-corrected chi connectivity index (χ2v) is 7.90. The van der Waals surface area contributed by atoms with Crippen LogP contribution in [0.2, 0.25) is 0 Å². The topological polar surface area (TPSA) is 8.81 Å². The maximum Gasteiger partial charge on any atom is 0.229 e. The fourth-order valence-corrected chi connectivity index (χ4v) is 4.18. The predicted octanol–water partition coefficient (Wildman–Crippen LogP) is 5.44. The molecule has 3 rings (SSSR count). The molecule has 0 unspecified atom stereocenters. The first kappa shape index (κ1) is 18.4. The smallest absolute Gasteiger partial charge is 0.229 e. The zero-order valence-electron chi connectivity index (χ0n) is 17.7. The normalized spacial score (nSPS) is 11.3. The van der Waals surface area contributed by atoms with Crippen LogP contribution in [-0.2, 0) is 7.05 Å². The van der Waals surface area contributed by atoms with Crippen LogP contribution in [0.4, 0.5) is 0 Å². The lowest BCUT2D eigenvalue weighted by molar-refractivity contribution is -0.661. The molecule has 0 N–H and O–H groups in total. The number of nitrogens with zero attached hydrogens (tertiary/aromatic N) is 2. The van der Waals surface area contributed by atoms with Crippen LogP contribution in [0.1, 0.15) is 44.6 Å². The number of aromatic nitrogens is 2. The number of aryl methyl sites for hydroxylation is 6. The molecule has 2 heterocycles. The van der Waals surface area contributed by atoms with Crippen LogP contribution in [0.25, 0.3) is 17.1 Å². The van der Waals surface area contributed by atoms with Crippen molar-refractivity contribution < 1.29 is 4.57 Å². The van der Waals surface area contributed by atoms with Crippen molar-refractivity contribution >= 4 is 0 Å². The van der Waals surface area contributed by atoms with E-state index in [1.54, 1.807) is 0 Å². The minimum absolute atomic E-state index is 1.26. The van der Waals surface area contributed by atoms with Crippen LogP contribution in [0, 0.1) is 55.4 Å². The van der Waals surface area contributed by atoms with E-state index in [9.17, 15) is 0 Å². The third-order valence-electron chi connectivity index (χ3n) is 5.86. The van der Waals surface area contributed by atoms with Crippen molar-refractivity contribution in [3.63, 3.8) is 0 Å². The standard InChI is InChI=1S/C24H31N2/c1-14-10-16(3)23(17(4)11-14)26-21(8)19(6)20(7)24(26)22-12-15(2)18(5)13-25(22)9/h10-13H,1-9H3/q+1. The van der Waals surface area contributed by atoms with E-state index >= 15 is 0 Å². The SMILES string of the molecule is Cc1cc(C)c(-n2c(C)c(C)c(C)c2-c2cc(C)c(C)c[n+]2C)c(C)c1. The van der Waals surface area contributed by atoms with Crippen molar-refractivity contribution in [1.29, 1.82) is 0 Å². The number of pyridine rings is 1. The molecule has 2 heteroatoms. The highest BCUT2D eigenvalue weighted by Gasteiger charge is 2.25. The van der Waals surface area contributed by atoms with Gasteiger partial charge in [0.2, 0.25) is 5.69 Å². The van der Waals surface area contributed by atoms with Gasteiger partial charge in [0.05, 0.1) is 5.69 Å². The lowest BCUT2D eigenvalue weighted by atomic mass is 10.0. The van der Waals surface area contributed by atoms with E-state index < -0.39 is 0 Å². The first-order chi connectivity index (χ1) is 12.1. The highest BCUT2D eigenvalue weighted by molar-refractivity contribution is 5.68. The van der Waals surface area contributed by atoms with Gasteiger partial charge in [0.25, 0.3) is 0 Å². The molecular weight excluding hydrogens is 316 g/mol. The zero-order valence-corrected chi connectivity index (χ0v) is 17.7. The quantitative estimate of drug-likeness (QED) is 0.546. The molecule has 0 aliphatic heterocycles. The monoisotopic (exact) mass is 347 g/mol. The van der Waals surface area contributed by atoms with E-state index in [1.165, 1.54) is 61.7 Å². The van der Waals surface area contributed by atoms with Crippen molar-refractivity contribution in [2.75, 3.05) is 0 Å². The summed E-state index contributed by atoms with van der Waals surface area (Å²) in [5, 5.41) is 0. The summed E-state index contributed by atoms with van der Waals surface area (Å²) in [5.41, 5.74) is 14.6. The number of hydrogen-bond acceptors (Lipinski definition) is 0. The summed E-state index contributed by atoms with van der Waals surface area (Å²) >= 11 is 0. The Morgan fingerprint density at radius 1 is 0.692 bits per heavy atom. The number of hydrogen-bond donors (Lipinski definition) is 0. The summed E-state index contributed by atoms with van der Waals surface area (Å²) < 4.78 is 4.73. The molecule has 0 aliphatic rings. The maximum absolute atomic E-state index is 2.47. The van der Waals surface area contributed by atoms with E-state index in [4.69, 9.17) is 0 Å². The Morgan fingerprint density at radius 3 is 1.85 bits per heavy atom. The lowest BCUT2D eigenvalue weighted by Gasteiger charge is -2.18. The third-order valence-corrected chi connectivity index (χ3v) is 5.86. The Bertz CT molecular complexity index is 996. The van der Waals surface area contributed by atoms with Crippen LogP contribution in [0.3, 0.4) is 0 Å². The van der Waals surface area contributed by atoms with Gasteiger partial charge in [-0.3, -0.25) is 0 Å². The molecule has 136 valence electrons. The maximum atomic E-state index is 2.47. The molecule has 0 bridgehead atoms. The van der Waals surface area contributed by atoms with Crippen molar-refractivity contribution in [1.82, 2.24) is 4.57 Å². The molecule has 0 amide bonds. The van der Waals surface area contributed by atoms with Gasteiger partial charge in [0.15, 0.2) is 6.20 Å².